The molecule has 0 heterocycles. The van der Waals surface area contributed by atoms with Crippen molar-refractivity contribution in [2.24, 2.45) is 11.7 Å². The SMILES string of the molecule is CC(CN)C(C)NC(=O)c1cccc(S(C)(=O)=O)c1. The number of nitrogens with two attached hydrogens (primary N) is 1. The summed E-state index contributed by atoms with van der Waals surface area (Å²) in [5.41, 5.74) is 5.87. The third-order valence-electron chi connectivity index (χ3n) is 3.11. The summed E-state index contributed by atoms with van der Waals surface area (Å²) in [5.74, 6) is -0.139. The van der Waals surface area contributed by atoms with Gasteiger partial charge in [0.1, 0.15) is 0 Å². The van der Waals surface area contributed by atoms with Crippen LogP contribution in [-0.2, 0) is 9.84 Å². The van der Waals surface area contributed by atoms with Gasteiger partial charge in [0, 0.05) is 17.9 Å². The fraction of sp³-hybridized carbons (Fsp3) is 0.462. The van der Waals surface area contributed by atoms with Crippen LogP contribution in [0.5, 0.6) is 0 Å². The standard InChI is InChI=1S/C13H20N2O3S/c1-9(8-14)10(2)15-13(16)11-5-4-6-12(7-11)19(3,17)18/h4-7,9-10H,8,14H2,1-3H3,(H,15,16). The van der Waals surface area contributed by atoms with Crippen LogP contribution in [0.4, 0.5) is 0 Å². The van der Waals surface area contributed by atoms with E-state index in [-0.39, 0.29) is 22.8 Å². The summed E-state index contributed by atoms with van der Waals surface area (Å²) in [6.45, 7) is 4.29. The van der Waals surface area contributed by atoms with Crippen LogP contribution in [0.2, 0.25) is 0 Å². The molecule has 1 amide bonds. The molecule has 2 unspecified atom stereocenters. The molecule has 0 aliphatic heterocycles. The third kappa shape index (κ3) is 4.33. The maximum Gasteiger partial charge on any atom is 0.251 e. The molecule has 0 saturated heterocycles. The van der Waals surface area contributed by atoms with Gasteiger partial charge in [0.05, 0.1) is 4.90 Å². The summed E-state index contributed by atoms with van der Waals surface area (Å²) in [5, 5.41) is 2.81. The summed E-state index contributed by atoms with van der Waals surface area (Å²) >= 11 is 0. The predicted molar refractivity (Wildman–Crippen MR) is 74.7 cm³/mol. The Labute approximate surface area is 114 Å². The molecule has 3 N–H and O–H groups in total. The second-order valence-electron chi connectivity index (χ2n) is 4.78. The van der Waals surface area contributed by atoms with E-state index in [1.54, 1.807) is 12.1 Å². The molecule has 0 spiro atoms. The Morgan fingerprint density at radius 2 is 2.00 bits per heavy atom. The zero-order valence-electron chi connectivity index (χ0n) is 11.4. The first-order chi connectivity index (χ1) is 8.75. The zero-order valence-corrected chi connectivity index (χ0v) is 12.2. The van der Waals surface area contributed by atoms with Crippen LogP contribution in [0.1, 0.15) is 24.2 Å². The maximum absolute atomic E-state index is 12.0. The number of carbonyl (C=O) groups excluding carboxylic acids is 1. The topological polar surface area (TPSA) is 89.3 Å². The minimum Gasteiger partial charge on any atom is -0.349 e. The van der Waals surface area contributed by atoms with Gasteiger partial charge < -0.3 is 11.1 Å². The minimum absolute atomic E-state index is 0.0700. The summed E-state index contributed by atoms with van der Waals surface area (Å²) in [7, 11) is -3.31. The second-order valence-corrected chi connectivity index (χ2v) is 6.79. The van der Waals surface area contributed by atoms with Gasteiger partial charge in [-0.1, -0.05) is 13.0 Å². The van der Waals surface area contributed by atoms with Crippen LogP contribution in [0.15, 0.2) is 29.2 Å². The van der Waals surface area contributed by atoms with Crippen molar-refractivity contribution in [2.45, 2.75) is 24.8 Å². The molecule has 1 rings (SSSR count). The molecule has 0 aliphatic carbocycles. The molecule has 0 radical (unpaired) electrons. The molecule has 0 fully saturated rings. The van der Waals surface area contributed by atoms with E-state index in [0.29, 0.717) is 12.1 Å². The van der Waals surface area contributed by atoms with Gasteiger partial charge >= 0.3 is 0 Å². The Balaban J connectivity index is 2.90. The molecule has 6 heteroatoms. The minimum atomic E-state index is -3.31. The van der Waals surface area contributed by atoms with E-state index < -0.39 is 9.84 Å². The van der Waals surface area contributed by atoms with E-state index in [9.17, 15) is 13.2 Å². The molecule has 0 saturated carbocycles. The monoisotopic (exact) mass is 284 g/mol. The quantitative estimate of drug-likeness (QED) is 0.837. The first-order valence-corrected chi connectivity index (χ1v) is 7.96. The molecule has 0 aromatic heterocycles. The smallest absolute Gasteiger partial charge is 0.251 e. The number of benzene rings is 1. The molecule has 0 aliphatic rings. The van der Waals surface area contributed by atoms with Gasteiger partial charge in [0.2, 0.25) is 0 Å². The molecular formula is C13H20N2O3S. The van der Waals surface area contributed by atoms with Crippen molar-refractivity contribution in [1.29, 1.82) is 0 Å². The van der Waals surface area contributed by atoms with E-state index in [4.69, 9.17) is 5.73 Å². The largest absolute Gasteiger partial charge is 0.349 e. The van der Waals surface area contributed by atoms with Crippen LogP contribution in [0.3, 0.4) is 0 Å². The number of amides is 1. The van der Waals surface area contributed by atoms with Crippen molar-refractivity contribution in [2.75, 3.05) is 12.8 Å². The van der Waals surface area contributed by atoms with Gasteiger partial charge in [0.15, 0.2) is 9.84 Å². The number of carbonyl (C=O) groups is 1. The van der Waals surface area contributed by atoms with Gasteiger partial charge in [-0.25, -0.2) is 8.42 Å². The fourth-order valence-corrected chi connectivity index (χ4v) is 2.17. The maximum atomic E-state index is 12.0. The van der Waals surface area contributed by atoms with Crippen LogP contribution in [-0.4, -0.2) is 33.2 Å². The van der Waals surface area contributed by atoms with E-state index in [0.717, 1.165) is 6.26 Å². The summed E-state index contributed by atoms with van der Waals surface area (Å²) in [6, 6.07) is 5.92. The summed E-state index contributed by atoms with van der Waals surface area (Å²) in [4.78, 5) is 12.1. The molecule has 2 atom stereocenters. The third-order valence-corrected chi connectivity index (χ3v) is 4.22. The van der Waals surface area contributed by atoms with Crippen molar-refractivity contribution >= 4 is 15.7 Å². The Morgan fingerprint density at radius 3 is 2.53 bits per heavy atom. The van der Waals surface area contributed by atoms with E-state index in [1.165, 1.54) is 12.1 Å². The highest BCUT2D eigenvalue weighted by Crippen LogP contribution is 2.12. The molecule has 1 aromatic carbocycles. The average molecular weight is 284 g/mol. The van der Waals surface area contributed by atoms with Crippen LogP contribution < -0.4 is 11.1 Å². The predicted octanol–water partition coefficient (Wildman–Crippen LogP) is 0.803. The number of hydrogen-bond donors (Lipinski definition) is 2. The van der Waals surface area contributed by atoms with Crippen LogP contribution in [0, 0.1) is 5.92 Å². The Kier molecular flexibility index (Phi) is 5.08. The Morgan fingerprint density at radius 1 is 1.37 bits per heavy atom. The lowest BCUT2D eigenvalue weighted by atomic mass is 10.0. The van der Waals surface area contributed by atoms with Gasteiger partial charge in [0.25, 0.3) is 5.91 Å². The van der Waals surface area contributed by atoms with Crippen molar-refractivity contribution in [3.05, 3.63) is 29.8 Å². The number of nitrogens with one attached hydrogen (secondary N) is 1. The van der Waals surface area contributed by atoms with E-state index >= 15 is 0 Å². The molecule has 5 nitrogen and oxygen atoms in total. The highest BCUT2D eigenvalue weighted by Gasteiger charge is 2.16. The molecule has 1 aromatic rings. The Bertz CT molecular complexity index is 555. The van der Waals surface area contributed by atoms with Crippen molar-refractivity contribution < 1.29 is 13.2 Å². The van der Waals surface area contributed by atoms with Gasteiger partial charge in [-0.3, -0.25) is 4.79 Å². The van der Waals surface area contributed by atoms with Gasteiger partial charge in [-0.05, 0) is 37.6 Å². The zero-order chi connectivity index (χ0) is 14.6. The molecular weight excluding hydrogens is 264 g/mol. The highest BCUT2D eigenvalue weighted by molar-refractivity contribution is 7.90. The van der Waals surface area contributed by atoms with Crippen molar-refractivity contribution in [3.8, 4) is 0 Å². The van der Waals surface area contributed by atoms with Gasteiger partial charge in [-0.2, -0.15) is 0 Å². The highest BCUT2D eigenvalue weighted by atomic mass is 32.2. The first kappa shape index (κ1) is 15.7. The first-order valence-electron chi connectivity index (χ1n) is 6.06. The molecule has 19 heavy (non-hydrogen) atoms. The molecule has 0 bridgehead atoms. The van der Waals surface area contributed by atoms with Crippen LogP contribution >= 0.6 is 0 Å². The lowest BCUT2D eigenvalue weighted by Gasteiger charge is -2.19. The van der Waals surface area contributed by atoms with Gasteiger partial charge in [-0.15, -0.1) is 0 Å². The van der Waals surface area contributed by atoms with Crippen molar-refractivity contribution in [3.63, 3.8) is 0 Å². The summed E-state index contributed by atoms with van der Waals surface area (Å²) in [6.07, 6.45) is 1.11. The lowest BCUT2D eigenvalue weighted by Crippen LogP contribution is -2.39. The van der Waals surface area contributed by atoms with E-state index in [1.807, 2.05) is 13.8 Å². The molecule has 106 valence electrons. The number of hydrogen-bond acceptors (Lipinski definition) is 4. The Hall–Kier alpha value is -1.40. The van der Waals surface area contributed by atoms with Crippen LogP contribution in [0.25, 0.3) is 0 Å². The van der Waals surface area contributed by atoms with E-state index in [2.05, 4.69) is 5.32 Å². The number of sulfone groups is 1. The average Bonchev–Trinajstić information content (AvgIpc) is 2.36. The fourth-order valence-electron chi connectivity index (χ4n) is 1.50. The lowest BCUT2D eigenvalue weighted by molar-refractivity contribution is 0.0929. The number of rotatable bonds is 5. The van der Waals surface area contributed by atoms with Crippen molar-refractivity contribution in [1.82, 2.24) is 5.32 Å². The summed E-state index contributed by atoms with van der Waals surface area (Å²) < 4.78 is 22.9. The normalized spacial score (nSPS) is 14.7. The second kappa shape index (κ2) is 6.16.